The zero-order valence-electron chi connectivity index (χ0n) is 11.5. The lowest BCUT2D eigenvalue weighted by Gasteiger charge is -2.34. The van der Waals surface area contributed by atoms with E-state index in [1.54, 1.807) is 17.0 Å². The van der Waals surface area contributed by atoms with Crippen LogP contribution in [-0.2, 0) is 4.79 Å². The molecule has 6 nitrogen and oxygen atoms in total. The van der Waals surface area contributed by atoms with Gasteiger partial charge in [0.25, 0.3) is 5.56 Å². The van der Waals surface area contributed by atoms with Gasteiger partial charge in [0, 0.05) is 24.0 Å². The van der Waals surface area contributed by atoms with Gasteiger partial charge in [0.1, 0.15) is 6.54 Å². The highest BCUT2D eigenvalue weighted by molar-refractivity contribution is 5.73. The zero-order valence-corrected chi connectivity index (χ0v) is 11.5. The quantitative estimate of drug-likeness (QED) is 0.887. The van der Waals surface area contributed by atoms with Crippen molar-refractivity contribution in [2.24, 2.45) is 0 Å². The van der Waals surface area contributed by atoms with Crippen molar-refractivity contribution < 1.29 is 9.90 Å². The average Bonchev–Trinajstić information content (AvgIpc) is 3.09. The van der Waals surface area contributed by atoms with Crippen LogP contribution in [0.25, 0.3) is 0 Å². The van der Waals surface area contributed by atoms with Crippen LogP contribution in [0.5, 0.6) is 0 Å². The Morgan fingerprint density at radius 1 is 1.53 bits per heavy atom. The third-order valence-electron chi connectivity index (χ3n) is 3.15. The predicted molar refractivity (Wildman–Crippen MR) is 71.5 cm³/mol. The van der Waals surface area contributed by atoms with Gasteiger partial charge < -0.3 is 14.6 Å². The summed E-state index contributed by atoms with van der Waals surface area (Å²) in [5.41, 5.74) is -0.686. The van der Waals surface area contributed by atoms with Gasteiger partial charge in [-0.05, 0) is 33.6 Å². The van der Waals surface area contributed by atoms with Crippen LogP contribution in [0.1, 0.15) is 39.7 Å². The molecular formula is C13H19N3O3. The Kier molecular flexibility index (Phi) is 3.34. The predicted octanol–water partition coefficient (Wildman–Crippen LogP) is 1.27. The highest BCUT2D eigenvalue weighted by Crippen LogP contribution is 2.33. The second-order valence-corrected chi connectivity index (χ2v) is 5.85. The average molecular weight is 265 g/mol. The number of hydrogen-bond donors (Lipinski definition) is 1. The van der Waals surface area contributed by atoms with Crippen molar-refractivity contribution in [1.82, 2.24) is 9.55 Å². The molecule has 0 aliphatic heterocycles. The maximum Gasteiger partial charge on any atom is 0.323 e. The summed E-state index contributed by atoms with van der Waals surface area (Å²) in [7, 11) is 0. The Hall–Kier alpha value is -1.85. The van der Waals surface area contributed by atoms with Crippen LogP contribution in [0.2, 0.25) is 0 Å². The number of carbonyl (C=O) groups is 1. The molecule has 1 aromatic heterocycles. The molecule has 1 N–H and O–H groups in total. The van der Waals surface area contributed by atoms with E-state index in [2.05, 4.69) is 4.98 Å². The van der Waals surface area contributed by atoms with Gasteiger partial charge in [-0.3, -0.25) is 9.59 Å². The Balaban J connectivity index is 2.44. The first-order valence-corrected chi connectivity index (χ1v) is 6.37. The number of carboxylic acids is 1. The largest absolute Gasteiger partial charge is 0.480 e. The highest BCUT2D eigenvalue weighted by Gasteiger charge is 2.30. The van der Waals surface area contributed by atoms with Crippen LogP contribution in [0.3, 0.4) is 0 Å². The molecule has 1 aliphatic carbocycles. The van der Waals surface area contributed by atoms with Gasteiger partial charge >= 0.3 is 5.97 Å². The zero-order chi connectivity index (χ0) is 14.2. The van der Waals surface area contributed by atoms with E-state index in [0.717, 1.165) is 12.8 Å². The number of rotatable bonds is 4. The minimum atomic E-state index is -0.974. The molecule has 104 valence electrons. The van der Waals surface area contributed by atoms with E-state index in [1.807, 2.05) is 20.8 Å². The number of anilines is 1. The Morgan fingerprint density at radius 3 is 2.63 bits per heavy atom. The van der Waals surface area contributed by atoms with Crippen LogP contribution < -0.4 is 10.5 Å². The molecule has 1 aromatic rings. The normalized spacial score (nSPS) is 15.3. The van der Waals surface area contributed by atoms with Crippen molar-refractivity contribution in [2.75, 3.05) is 11.4 Å². The smallest absolute Gasteiger partial charge is 0.323 e. The summed E-state index contributed by atoms with van der Waals surface area (Å²) >= 11 is 0. The molecule has 1 saturated carbocycles. The maximum atomic E-state index is 12.4. The molecule has 0 unspecified atom stereocenters. The molecule has 1 aliphatic rings. The van der Waals surface area contributed by atoms with Crippen LogP contribution in [0, 0.1) is 0 Å². The minimum absolute atomic E-state index is 0.207. The lowest BCUT2D eigenvalue weighted by Crippen LogP contribution is -2.48. The summed E-state index contributed by atoms with van der Waals surface area (Å²) in [5, 5.41) is 9.01. The summed E-state index contributed by atoms with van der Waals surface area (Å²) in [6.45, 7) is 5.36. The molecule has 1 fully saturated rings. The van der Waals surface area contributed by atoms with Gasteiger partial charge in [0.15, 0.2) is 5.82 Å². The number of carboxylic acid groups (broad SMARTS) is 1. The third kappa shape index (κ3) is 2.94. The first-order valence-electron chi connectivity index (χ1n) is 6.37. The first-order chi connectivity index (χ1) is 8.80. The fourth-order valence-corrected chi connectivity index (χ4v) is 2.00. The highest BCUT2D eigenvalue weighted by atomic mass is 16.4. The second-order valence-electron chi connectivity index (χ2n) is 5.85. The van der Waals surface area contributed by atoms with Gasteiger partial charge in [-0.15, -0.1) is 0 Å². The summed E-state index contributed by atoms with van der Waals surface area (Å²) in [5.74, 6) is -0.762. The van der Waals surface area contributed by atoms with Crippen molar-refractivity contribution in [2.45, 2.75) is 45.2 Å². The monoisotopic (exact) mass is 265 g/mol. The van der Waals surface area contributed by atoms with Gasteiger partial charge in [-0.1, -0.05) is 0 Å². The van der Waals surface area contributed by atoms with E-state index < -0.39 is 11.5 Å². The van der Waals surface area contributed by atoms with E-state index in [9.17, 15) is 9.59 Å². The molecule has 0 atom stereocenters. The molecule has 0 radical (unpaired) electrons. The lowest BCUT2D eigenvalue weighted by atomic mass is 10.1. The van der Waals surface area contributed by atoms with E-state index >= 15 is 0 Å². The molecule has 6 heteroatoms. The molecular weight excluding hydrogens is 246 g/mol. The standard InChI is InChI=1S/C13H19N3O3/c1-13(2,3)16(8-10(17)18)11-12(19)15(7-6-14-11)9-4-5-9/h6-7,9H,4-5,8H2,1-3H3,(H,17,18). The number of hydrogen-bond acceptors (Lipinski definition) is 4. The fraction of sp³-hybridized carbons (Fsp3) is 0.615. The minimum Gasteiger partial charge on any atom is -0.480 e. The van der Waals surface area contributed by atoms with Crippen LogP contribution in [-0.4, -0.2) is 32.7 Å². The van der Waals surface area contributed by atoms with Crippen molar-refractivity contribution in [1.29, 1.82) is 0 Å². The summed E-state index contributed by atoms with van der Waals surface area (Å²) in [6.07, 6.45) is 5.23. The topological polar surface area (TPSA) is 75.4 Å². The molecule has 0 amide bonds. The molecule has 0 aromatic carbocycles. The molecule has 0 saturated heterocycles. The Morgan fingerprint density at radius 2 is 2.16 bits per heavy atom. The summed E-state index contributed by atoms with van der Waals surface area (Å²) in [6, 6.07) is 0.251. The van der Waals surface area contributed by atoms with Crippen LogP contribution in [0.4, 0.5) is 5.82 Å². The Labute approximate surface area is 111 Å². The van der Waals surface area contributed by atoms with E-state index in [4.69, 9.17) is 5.11 Å². The van der Waals surface area contributed by atoms with Crippen LogP contribution in [0.15, 0.2) is 17.2 Å². The van der Waals surface area contributed by atoms with E-state index in [1.165, 1.54) is 4.90 Å². The SMILES string of the molecule is CC(C)(C)N(CC(=O)O)c1nccn(C2CC2)c1=O. The van der Waals surface area contributed by atoms with Crippen molar-refractivity contribution in [3.05, 3.63) is 22.7 Å². The maximum absolute atomic E-state index is 12.4. The van der Waals surface area contributed by atoms with Gasteiger partial charge in [0.2, 0.25) is 0 Å². The first kappa shape index (κ1) is 13.6. The van der Waals surface area contributed by atoms with Crippen molar-refractivity contribution >= 4 is 11.8 Å². The van der Waals surface area contributed by atoms with E-state index in [-0.39, 0.29) is 24.0 Å². The van der Waals surface area contributed by atoms with Gasteiger partial charge in [0.05, 0.1) is 0 Å². The van der Waals surface area contributed by atoms with Crippen LogP contribution >= 0.6 is 0 Å². The molecule has 0 bridgehead atoms. The summed E-state index contributed by atoms with van der Waals surface area (Å²) in [4.78, 5) is 29.0. The van der Waals surface area contributed by atoms with Crippen molar-refractivity contribution in [3.8, 4) is 0 Å². The summed E-state index contributed by atoms with van der Waals surface area (Å²) < 4.78 is 1.66. The second kappa shape index (κ2) is 4.68. The molecule has 19 heavy (non-hydrogen) atoms. The van der Waals surface area contributed by atoms with E-state index in [0.29, 0.717) is 0 Å². The third-order valence-corrected chi connectivity index (χ3v) is 3.15. The molecule has 0 spiro atoms. The molecule has 1 heterocycles. The van der Waals surface area contributed by atoms with Crippen molar-refractivity contribution in [3.63, 3.8) is 0 Å². The number of nitrogens with zero attached hydrogens (tertiary/aromatic N) is 3. The van der Waals surface area contributed by atoms with Gasteiger partial charge in [-0.2, -0.15) is 0 Å². The van der Waals surface area contributed by atoms with Gasteiger partial charge in [-0.25, -0.2) is 4.98 Å². The fourth-order valence-electron chi connectivity index (χ4n) is 2.00. The molecule has 2 rings (SSSR count). The lowest BCUT2D eigenvalue weighted by molar-refractivity contribution is -0.135. The number of aliphatic carboxylic acids is 1. The Bertz CT molecular complexity index is 541. The number of aromatic nitrogens is 2.